The SMILES string of the molecule is Cc1cc(OC[C@H](O)C[NH+]2CCC(C)CC2)ccc1C(C)C. The van der Waals surface area contributed by atoms with Crippen molar-refractivity contribution in [3.63, 3.8) is 0 Å². The Balaban J connectivity index is 1.78. The molecule has 2 N–H and O–H groups in total. The average molecular weight is 306 g/mol. The Hall–Kier alpha value is -1.06. The maximum absolute atomic E-state index is 10.2. The molecule has 0 aromatic heterocycles. The van der Waals surface area contributed by atoms with Gasteiger partial charge in [-0.3, -0.25) is 0 Å². The van der Waals surface area contributed by atoms with Crippen LogP contribution >= 0.6 is 0 Å². The molecule has 1 aromatic carbocycles. The fourth-order valence-electron chi connectivity index (χ4n) is 3.34. The normalized spacial score (nSPS) is 23.5. The van der Waals surface area contributed by atoms with Gasteiger partial charge in [0.15, 0.2) is 0 Å². The summed E-state index contributed by atoms with van der Waals surface area (Å²) in [6.07, 6.45) is 2.17. The highest BCUT2D eigenvalue weighted by atomic mass is 16.5. The van der Waals surface area contributed by atoms with Gasteiger partial charge in [0, 0.05) is 0 Å². The molecular formula is C19H32NO2+. The first-order valence-corrected chi connectivity index (χ1v) is 8.70. The summed E-state index contributed by atoms with van der Waals surface area (Å²) >= 11 is 0. The van der Waals surface area contributed by atoms with Crippen LogP contribution in [0.4, 0.5) is 0 Å². The second kappa shape index (κ2) is 7.98. The second-order valence-electron chi connectivity index (χ2n) is 7.27. The van der Waals surface area contributed by atoms with Crippen LogP contribution in [0.15, 0.2) is 18.2 Å². The summed E-state index contributed by atoms with van der Waals surface area (Å²) in [4.78, 5) is 1.51. The number of rotatable bonds is 6. The molecule has 22 heavy (non-hydrogen) atoms. The van der Waals surface area contributed by atoms with Gasteiger partial charge < -0.3 is 14.7 Å². The van der Waals surface area contributed by atoms with E-state index in [2.05, 4.69) is 39.8 Å². The molecule has 0 amide bonds. The number of benzene rings is 1. The Bertz CT molecular complexity index is 465. The van der Waals surface area contributed by atoms with E-state index in [0.717, 1.165) is 18.2 Å². The maximum Gasteiger partial charge on any atom is 0.137 e. The molecule has 3 nitrogen and oxygen atoms in total. The van der Waals surface area contributed by atoms with E-state index >= 15 is 0 Å². The van der Waals surface area contributed by atoms with Gasteiger partial charge in [-0.05, 0) is 54.9 Å². The molecule has 1 aliphatic heterocycles. The molecule has 1 saturated heterocycles. The maximum atomic E-state index is 10.2. The van der Waals surface area contributed by atoms with E-state index in [1.165, 1.54) is 42.0 Å². The Morgan fingerprint density at radius 2 is 1.95 bits per heavy atom. The molecule has 124 valence electrons. The van der Waals surface area contributed by atoms with E-state index in [1.807, 2.05) is 6.07 Å². The van der Waals surface area contributed by atoms with Gasteiger partial charge in [-0.15, -0.1) is 0 Å². The molecule has 0 radical (unpaired) electrons. The standard InChI is InChI=1S/C19H31NO2/c1-14(2)19-6-5-18(11-16(19)4)22-13-17(21)12-20-9-7-15(3)8-10-20/h5-6,11,14-15,17,21H,7-10,12-13H2,1-4H3/p+1/t17-/m1/s1. The lowest BCUT2D eigenvalue weighted by molar-refractivity contribution is -0.909. The molecule has 1 fully saturated rings. The van der Waals surface area contributed by atoms with Gasteiger partial charge >= 0.3 is 0 Å². The Morgan fingerprint density at radius 3 is 2.55 bits per heavy atom. The lowest BCUT2D eigenvalue weighted by Crippen LogP contribution is -3.14. The van der Waals surface area contributed by atoms with Gasteiger partial charge in [0.1, 0.15) is 25.0 Å². The average Bonchev–Trinajstić information content (AvgIpc) is 2.47. The van der Waals surface area contributed by atoms with Crippen LogP contribution in [-0.2, 0) is 0 Å². The summed E-state index contributed by atoms with van der Waals surface area (Å²) in [5.41, 5.74) is 2.62. The first kappa shape index (κ1) is 17.3. The minimum Gasteiger partial charge on any atom is -0.491 e. The third-order valence-electron chi connectivity index (χ3n) is 4.81. The number of hydrogen-bond donors (Lipinski definition) is 2. The molecule has 0 aliphatic carbocycles. The van der Waals surface area contributed by atoms with Crippen LogP contribution in [0.3, 0.4) is 0 Å². The summed E-state index contributed by atoms with van der Waals surface area (Å²) in [6.45, 7) is 12.4. The largest absolute Gasteiger partial charge is 0.491 e. The molecule has 1 heterocycles. The summed E-state index contributed by atoms with van der Waals surface area (Å²) in [5, 5.41) is 10.2. The van der Waals surface area contributed by atoms with E-state index in [4.69, 9.17) is 4.74 Å². The molecule has 0 bridgehead atoms. The number of hydrogen-bond acceptors (Lipinski definition) is 2. The molecule has 0 unspecified atom stereocenters. The summed E-state index contributed by atoms with van der Waals surface area (Å²) in [5.74, 6) is 2.24. The quantitative estimate of drug-likeness (QED) is 0.844. The van der Waals surface area contributed by atoms with Crippen molar-refractivity contribution in [2.45, 2.75) is 52.6 Å². The lowest BCUT2D eigenvalue weighted by atomic mass is 9.98. The Morgan fingerprint density at radius 1 is 1.27 bits per heavy atom. The predicted molar refractivity (Wildman–Crippen MR) is 90.7 cm³/mol. The molecule has 1 atom stereocenters. The summed E-state index contributed by atoms with van der Waals surface area (Å²) < 4.78 is 5.78. The zero-order valence-electron chi connectivity index (χ0n) is 14.6. The molecule has 1 aliphatic rings. The number of aliphatic hydroxyl groups excluding tert-OH is 1. The van der Waals surface area contributed by atoms with Crippen LogP contribution in [0, 0.1) is 12.8 Å². The van der Waals surface area contributed by atoms with Crippen molar-refractivity contribution in [2.75, 3.05) is 26.2 Å². The van der Waals surface area contributed by atoms with Gasteiger partial charge in [-0.2, -0.15) is 0 Å². The van der Waals surface area contributed by atoms with E-state index in [1.54, 1.807) is 0 Å². The highest BCUT2D eigenvalue weighted by Gasteiger charge is 2.21. The molecule has 1 aromatic rings. The van der Waals surface area contributed by atoms with Gasteiger partial charge in [-0.1, -0.05) is 26.8 Å². The van der Waals surface area contributed by atoms with Gasteiger partial charge in [0.2, 0.25) is 0 Å². The number of quaternary nitrogens is 1. The molecular weight excluding hydrogens is 274 g/mol. The molecule has 0 spiro atoms. The molecule has 2 rings (SSSR count). The first-order valence-electron chi connectivity index (χ1n) is 8.70. The number of aliphatic hydroxyl groups is 1. The minimum absolute atomic E-state index is 0.381. The fraction of sp³-hybridized carbons (Fsp3) is 0.684. The molecule has 3 heteroatoms. The van der Waals surface area contributed by atoms with E-state index < -0.39 is 0 Å². The number of ether oxygens (including phenoxy) is 1. The predicted octanol–water partition coefficient (Wildman–Crippen LogP) is 2.17. The fourth-order valence-corrected chi connectivity index (χ4v) is 3.34. The second-order valence-corrected chi connectivity index (χ2v) is 7.27. The van der Waals surface area contributed by atoms with Gasteiger partial charge in [0.25, 0.3) is 0 Å². The third kappa shape index (κ3) is 4.99. The monoisotopic (exact) mass is 306 g/mol. The highest BCUT2D eigenvalue weighted by Crippen LogP contribution is 2.23. The first-order chi connectivity index (χ1) is 10.5. The zero-order valence-corrected chi connectivity index (χ0v) is 14.6. The third-order valence-corrected chi connectivity index (χ3v) is 4.81. The van der Waals surface area contributed by atoms with Crippen LogP contribution in [0.5, 0.6) is 5.75 Å². The number of aryl methyl sites for hydroxylation is 1. The van der Waals surface area contributed by atoms with Crippen LogP contribution in [0.1, 0.15) is 50.7 Å². The van der Waals surface area contributed by atoms with E-state index in [-0.39, 0.29) is 6.10 Å². The van der Waals surface area contributed by atoms with E-state index in [0.29, 0.717) is 12.5 Å². The summed E-state index contributed by atoms with van der Waals surface area (Å²) in [7, 11) is 0. The van der Waals surface area contributed by atoms with Crippen molar-refractivity contribution in [1.82, 2.24) is 0 Å². The smallest absolute Gasteiger partial charge is 0.137 e. The van der Waals surface area contributed by atoms with Crippen LogP contribution in [0.25, 0.3) is 0 Å². The van der Waals surface area contributed by atoms with E-state index in [9.17, 15) is 5.11 Å². The summed E-state index contributed by atoms with van der Waals surface area (Å²) in [6, 6.07) is 6.24. The van der Waals surface area contributed by atoms with Crippen LogP contribution in [-0.4, -0.2) is 37.5 Å². The topological polar surface area (TPSA) is 33.9 Å². The number of piperidine rings is 1. The Kier molecular flexibility index (Phi) is 6.27. The van der Waals surface area contributed by atoms with Crippen molar-refractivity contribution in [2.24, 2.45) is 5.92 Å². The van der Waals surface area contributed by atoms with Crippen LogP contribution in [0.2, 0.25) is 0 Å². The van der Waals surface area contributed by atoms with Crippen molar-refractivity contribution in [1.29, 1.82) is 0 Å². The zero-order chi connectivity index (χ0) is 16.1. The van der Waals surface area contributed by atoms with Gasteiger partial charge in [0.05, 0.1) is 13.1 Å². The van der Waals surface area contributed by atoms with Crippen LogP contribution < -0.4 is 9.64 Å². The number of likely N-dealkylation sites (tertiary alicyclic amines) is 1. The van der Waals surface area contributed by atoms with Crippen molar-refractivity contribution >= 4 is 0 Å². The highest BCUT2D eigenvalue weighted by molar-refractivity contribution is 5.36. The van der Waals surface area contributed by atoms with Crippen molar-refractivity contribution < 1.29 is 14.7 Å². The molecule has 0 saturated carbocycles. The van der Waals surface area contributed by atoms with Crippen molar-refractivity contribution in [3.8, 4) is 5.75 Å². The minimum atomic E-state index is -0.381. The van der Waals surface area contributed by atoms with Crippen molar-refractivity contribution in [3.05, 3.63) is 29.3 Å². The number of nitrogens with one attached hydrogen (secondary N) is 1. The lowest BCUT2D eigenvalue weighted by Gasteiger charge is -2.28. The van der Waals surface area contributed by atoms with Gasteiger partial charge in [-0.25, -0.2) is 0 Å². The Labute approximate surface area is 135 Å².